The van der Waals surface area contributed by atoms with Crippen molar-refractivity contribution in [3.63, 3.8) is 0 Å². The summed E-state index contributed by atoms with van der Waals surface area (Å²) in [6.07, 6.45) is 6.35. The Balaban J connectivity index is 1.54. The van der Waals surface area contributed by atoms with Crippen molar-refractivity contribution in [2.75, 3.05) is 31.6 Å². The quantitative estimate of drug-likeness (QED) is 0.626. The topological polar surface area (TPSA) is 57.5 Å². The molecule has 3 rings (SSSR count). The molecule has 6 heteroatoms. The van der Waals surface area contributed by atoms with Crippen LogP contribution in [0.4, 0.5) is 5.69 Å². The van der Waals surface area contributed by atoms with Crippen molar-refractivity contribution in [2.45, 2.75) is 32.4 Å². The first-order valence-corrected chi connectivity index (χ1v) is 9.06. The van der Waals surface area contributed by atoms with Gasteiger partial charge in [-0.05, 0) is 43.5 Å². The van der Waals surface area contributed by atoms with Gasteiger partial charge in [0, 0.05) is 44.8 Å². The zero-order chi connectivity index (χ0) is 17.5. The van der Waals surface area contributed by atoms with Crippen molar-refractivity contribution in [1.29, 1.82) is 0 Å². The van der Waals surface area contributed by atoms with E-state index in [0.717, 1.165) is 19.0 Å². The van der Waals surface area contributed by atoms with Gasteiger partial charge in [0.2, 0.25) is 0 Å². The van der Waals surface area contributed by atoms with Gasteiger partial charge in [-0.25, -0.2) is 0 Å². The smallest absolute Gasteiger partial charge is 0.191 e. The van der Waals surface area contributed by atoms with Gasteiger partial charge in [-0.3, -0.25) is 9.67 Å². The lowest BCUT2D eigenvalue weighted by molar-refractivity contribution is 0.591. The number of rotatable bonds is 6. The van der Waals surface area contributed by atoms with Crippen LogP contribution in [0.2, 0.25) is 0 Å². The van der Waals surface area contributed by atoms with Crippen LogP contribution in [0, 0.1) is 0 Å². The van der Waals surface area contributed by atoms with Crippen LogP contribution in [0.3, 0.4) is 0 Å². The number of nitrogens with zero attached hydrogens (tertiary/aromatic N) is 4. The van der Waals surface area contributed by atoms with Gasteiger partial charge in [-0.15, -0.1) is 0 Å². The van der Waals surface area contributed by atoms with Gasteiger partial charge in [-0.1, -0.05) is 12.1 Å². The van der Waals surface area contributed by atoms with E-state index >= 15 is 0 Å². The van der Waals surface area contributed by atoms with Gasteiger partial charge >= 0.3 is 0 Å². The molecule has 1 aromatic carbocycles. The Morgan fingerprint density at radius 1 is 1.28 bits per heavy atom. The molecule has 0 spiro atoms. The summed E-state index contributed by atoms with van der Waals surface area (Å²) in [5.41, 5.74) is 2.60. The maximum absolute atomic E-state index is 4.33. The van der Waals surface area contributed by atoms with Crippen molar-refractivity contribution in [3.05, 3.63) is 48.3 Å². The van der Waals surface area contributed by atoms with Crippen molar-refractivity contribution in [3.8, 4) is 0 Å². The van der Waals surface area contributed by atoms with E-state index in [9.17, 15) is 0 Å². The van der Waals surface area contributed by atoms with Crippen molar-refractivity contribution < 1.29 is 0 Å². The fourth-order valence-electron chi connectivity index (χ4n) is 3.17. The van der Waals surface area contributed by atoms with Gasteiger partial charge in [-0.2, -0.15) is 5.10 Å². The molecule has 1 atom stereocenters. The van der Waals surface area contributed by atoms with E-state index < -0.39 is 0 Å². The van der Waals surface area contributed by atoms with Crippen LogP contribution in [-0.2, 0) is 6.54 Å². The standard InChI is InChI=1S/C19H28N6/c1-16(17-7-5-8-18(15-17)24-11-3-4-12-24)23-19(20-2)21-10-14-25-13-6-9-22-25/h5-9,13,15-16H,3-4,10-12,14H2,1-2H3,(H2,20,21,23). The van der Waals surface area contributed by atoms with E-state index in [1.165, 1.54) is 37.2 Å². The Hall–Kier alpha value is -2.50. The molecule has 2 aromatic rings. The zero-order valence-electron chi connectivity index (χ0n) is 15.2. The average molecular weight is 340 g/mol. The Morgan fingerprint density at radius 2 is 2.12 bits per heavy atom. The van der Waals surface area contributed by atoms with E-state index in [4.69, 9.17) is 0 Å². The zero-order valence-corrected chi connectivity index (χ0v) is 15.2. The molecule has 1 fully saturated rings. The number of guanidine groups is 1. The Morgan fingerprint density at radius 3 is 2.84 bits per heavy atom. The van der Waals surface area contributed by atoms with Crippen molar-refractivity contribution in [2.24, 2.45) is 4.99 Å². The number of hydrogen-bond donors (Lipinski definition) is 2. The molecule has 1 aromatic heterocycles. The maximum Gasteiger partial charge on any atom is 0.191 e. The molecule has 0 amide bonds. The molecule has 0 bridgehead atoms. The molecule has 2 heterocycles. The highest BCUT2D eigenvalue weighted by Crippen LogP contribution is 2.23. The first-order chi connectivity index (χ1) is 12.3. The molecule has 6 nitrogen and oxygen atoms in total. The second-order valence-electron chi connectivity index (χ2n) is 6.42. The van der Waals surface area contributed by atoms with Gasteiger partial charge in [0.25, 0.3) is 0 Å². The second-order valence-corrected chi connectivity index (χ2v) is 6.42. The van der Waals surface area contributed by atoms with Crippen LogP contribution in [0.15, 0.2) is 47.7 Å². The maximum atomic E-state index is 4.33. The molecule has 0 aliphatic carbocycles. The second kappa shape index (κ2) is 8.55. The molecule has 25 heavy (non-hydrogen) atoms. The lowest BCUT2D eigenvalue weighted by Crippen LogP contribution is -2.40. The van der Waals surface area contributed by atoms with E-state index in [1.807, 2.05) is 16.9 Å². The number of benzene rings is 1. The fraction of sp³-hybridized carbons (Fsp3) is 0.474. The molecule has 134 valence electrons. The largest absolute Gasteiger partial charge is 0.372 e. The summed E-state index contributed by atoms with van der Waals surface area (Å²) >= 11 is 0. The molecule has 2 N–H and O–H groups in total. The summed E-state index contributed by atoms with van der Waals surface area (Å²) in [6.45, 7) is 6.10. The lowest BCUT2D eigenvalue weighted by atomic mass is 10.1. The van der Waals surface area contributed by atoms with E-state index in [2.05, 4.69) is 56.8 Å². The SMILES string of the molecule is CN=C(NCCn1cccn1)NC(C)c1cccc(N2CCCC2)c1. The summed E-state index contributed by atoms with van der Waals surface area (Å²) in [5, 5.41) is 11.0. The average Bonchev–Trinajstić information content (AvgIpc) is 3.34. The van der Waals surface area contributed by atoms with E-state index in [1.54, 1.807) is 13.2 Å². The van der Waals surface area contributed by atoms with E-state index in [0.29, 0.717) is 0 Å². The predicted molar refractivity (Wildman–Crippen MR) is 103 cm³/mol. The third-order valence-electron chi connectivity index (χ3n) is 4.61. The monoisotopic (exact) mass is 340 g/mol. The number of hydrogen-bond acceptors (Lipinski definition) is 3. The summed E-state index contributed by atoms with van der Waals surface area (Å²) in [7, 11) is 1.80. The normalized spacial score (nSPS) is 16.1. The molecule has 1 unspecified atom stereocenters. The highest BCUT2D eigenvalue weighted by Gasteiger charge is 2.14. The van der Waals surface area contributed by atoms with Crippen LogP contribution in [0.5, 0.6) is 0 Å². The van der Waals surface area contributed by atoms with Gasteiger partial charge in [0.1, 0.15) is 0 Å². The number of nitrogens with one attached hydrogen (secondary N) is 2. The molecular weight excluding hydrogens is 312 g/mol. The Labute approximate surface area is 149 Å². The number of aromatic nitrogens is 2. The Kier molecular flexibility index (Phi) is 5.93. The van der Waals surface area contributed by atoms with Crippen LogP contribution >= 0.6 is 0 Å². The summed E-state index contributed by atoms with van der Waals surface area (Å²) in [4.78, 5) is 6.79. The van der Waals surface area contributed by atoms with Crippen LogP contribution in [0.25, 0.3) is 0 Å². The molecule has 0 radical (unpaired) electrons. The third-order valence-corrected chi connectivity index (χ3v) is 4.61. The molecule has 0 saturated carbocycles. The van der Waals surface area contributed by atoms with Gasteiger partial charge < -0.3 is 15.5 Å². The summed E-state index contributed by atoms with van der Waals surface area (Å²) < 4.78 is 1.91. The molecule has 1 aliphatic heterocycles. The first kappa shape index (κ1) is 17.3. The van der Waals surface area contributed by atoms with Crippen molar-refractivity contribution >= 4 is 11.6 Å². The first-order valence-electron chi connectivity index (χ1n) is 9.06. The van der Waals surface area contributed by atoms with Crippen molar-refractivity contribution in [1.82, 2.24) is 20.4 Å². The van der Waals surface area contributed by atoms with Crippen LogP contribution in [0.1, 0.15) is 31.4 Å². The number of anilines is 1. The minimum atomic E-state index is 0.193. The molecule has 1 saturated heterocycles. The highest BCUT2D eigenvalue weighted by molar-refractivity contribution is 5.80. The highest BCUT2D eigenvalue weighted by atomic mass is 15.3. The third kappa shape index (κ3) is 4.75. The molecular formula is C19H28N6. The summed E-state index contributed by atoms with van der Waals surface area (Å²) in [5.74, 6) is 0.811. The van der Waals surface area contributed by atoms with Gasteiger partial charge in [0.15, 0.2) is 5.96 Å². The van der Waals surface area contributed by atoms with Crippen LogP contribution < -0.4 is 15.5 Å². The minimum Gasteiger partial charge on any atom is -0.372 e. The van der Waals surface area contributed by atoms with Crippen LogP contribution in [-0.4, -0.2) is 42.4 Å². The minimum absolute atomic E-state index is 0.193. The fourth-order valence-corrected chi connectivity index (χ4v) is 3.17. The Bertz CT molecular complexity index is 673. The lowest BCUT2D eigenvalue weighted by Gasteiger charge is -2.22. The predicted octanol–water partition coefficient (Wildman–Crippen LogP) is 2.41. The number of aliphatic imine (C=N–C) groups is 1. The summed E-state index contributed by atoms with van der Waals surface area (Å²) in [6, 6.07) is 10.9. The molecule has 1 aliphatic rings. The van der Waals surface area contributed by atoms with E-state index in [-0.39, 0.29) is 6.04 Å². The van der Waals surface area contributed by atoms with Gasteiger partial charge in [0.05, 0.1) is 12.6 Å².